The molecule has 0 aromatic carbocycles. The molecule has 0 aliphatic rings. The minimum atomic E-state index is 0.0280. The SMILES string of the molecule is CCc1noc(Cn2cccc2C(C)=O)n1. The molecule has 2 rings (SSSR count). The highest BCUT2D eigenvalue weighted by Gasteiger charge is 2.10. The molecule has 2 aromatic heterocycles. The first-order valence-electron chi connectivity index (χ1n) is 5.18. The molecule has 0 atom stereocenters. The summed E-state index contributed by atoms with van der Waals surface area (Å²) in [6, 6.07) is 3.60. The van der Waals surface area contributed by atoms with Crippen LogP contribution in [0.2, 0.25) is 0 Å². The van der Waals surface area contributed by atoms with Crippen LogP contribution < -0.4 is 0 Å². The molecular formula is C11H13N3O2. The fourth-order valence-electron chi connectivity index (χ4n) is 1.52. The summed E-state index contributed by atoms with van der Waals surface area (Å²) in [4.78, 5) is 15.5. The number of hydrogen-bond donors (Lipinski definition) is 0. The second kappa shape index (κ2) is 4.30. The van der Waals surface area contributed by atoms with Crippen LogP contribution in [0.3, 0.4) is 0 Å². The van der Waals surface area contributed by atoms with Gasteiger partial charge in [0.2, 0.25) is 5.89 Å². The average molecular weight is 219 g/mol. The Morgan fingerprint density at radius 3 is 3.00 bits per heavy atom. The van der Waals surface area contributed by atoms with E-state index in [4.69, 9.17) is 4.52 Å². The molecule has 0 unspecified atom stereocenters. The maximum atomic E-state index is 11.3. The van der Waals surface area contributed by atoms with Crippen molar-refractivity contribution in [2.75, 3.05) is 0 Å². The standard InChI is InChI=1S/C11H13N3O2/c1-3-10-12-11(16-13-10)7-14-6-4-5-9(14)8(2)15/h4-6H,3,7H2,1-2H3. The zero-order valence-electron chi connectivity index (χ0n) is 9.30. The second-order valence-corrected chi connectivity index (χ2v) is 3.54. The molecule has 2 heterocycles. The number of hydrogen-bond acceptors (Lipinski definition) is 4. The van der Waals surface area contributed by atoms with Gasteiger partial charge < -0.3 is 9.09 Å². The molecule has 0 amide bonds. The van der Waals surface area contributed by atoms with Gasteiger partial charge in [-0.05, 0) is 12.1 Å². The number of aromatic nitrogens is 3. The molecule has 0 fully saturated rings. The summed E-state index contributed by atoms with van der Waals surface area (Å²) in [6.45, 7) is 3.94. The van der Waals surface area contributed by atoms with Gasteiger partial charge in [-0.25, -0.2) is 0 Å². The van der Waals surface area contributed by atoms with Gasteiger partial charge in [0.05, 0.1) is 5.69 Å². The van der Waals surface area contributed by atoms with E-state index >= 15 is 0 Å². The predicted octanol–water partition coefficient (Wildman–Crippen LogP) is 1.68. The third-order valence-electron chi connectivity index (χ3n) is 2.32. The largest absolute Gasteiger partial charge is 0.337 e. The zero-order chi connectivity index (χ0) is 11.5. The Morgan fingerprint density at radius 2 is 2.38 bits per heavy atom. The van der Waals surface area contributed by atoms with Crippen LogP contribution in [0.25, 0.3) is 0 Å². The summed E-state index contributed by atoms with van der Waals surface area (Å²) >= 11 is 0. The summed E-state index contributed by atoms with van der Waals surface area (Å²) in [5.41, 5.74) is 0.649. The third kappa shape index (κ3) is 2.03. The maximum Gasteiger partial charge on any atom is 0.246 e. The molecule has 0 spiro atoms. The van der Waals surface area contributed by atoms with E-state index in [0.717, 1.165) is 6.42 Å². The number of carbonyl (C=O) groups is 1. The Hall–Kier alpha value is -1.91. The number of Topliss-reactive ketones (excluding diaryl/α,β-unsaturated/α-hetero) is 1. The molecule has 0 aliphatic carbocycles. The molecule has 16 heavy (non-hydrogen) atoms. The van der Waals surface area contributed by atoms with Crippen LogP contribution >= 0.6 is 0 Å². The fourth-order valence-corrected chi connectivity index (χ4v) is 1.52. The third-order valence-corrected chi connectivity index (χ3v) is 2.32. The highest BCUT2D eigenvalue weighted by molar-refractivity contribution is 5.92. The Kier molecular flexibility index (Phi) is 2.85. The summed E-state index contributed by atoms with van der Waals surface area (Å²) in [5.74, 6) is 1.24. The zero-order valence-corrected chi connectivity index (χ0v) is 9.30. The van der Waals surface area contributed by atoms with Gasteiger partial charge in [0.25, 0.3) is 0 Å². The van der Waals surface area contributed by atoms with Crippen LogP contribution in [-0.2, 0) is 13.0 Å². The summed E-state index contributed by atoms with van der Waals surface area (Å²) in [6.07, 6.45) is 2.57. The van der Waals surface area contributed by atoms with E-state index in [-0.39, 0.29) is 5.78 Å². The van der Waals surface area contributed by atoms with Crippen molar-refractivity contribution in [1.82, 2.24) is 14.7 Å². The van der Waals surface area contributed by atoms with Gasteiger partial charge in [0.15, 0.2) is 11.6 Å². The molecular weight excluding hydrogens is 206 g/mol. The molecule has 0 bridgehead atoms. The normalized spacial score (nSPS) is 10.6. The van der Waals surface area contributed by atoms with Gasteiger partial charge >= 0.3 is 0 Å². The van der Waals surface area contributed by atoms with Crippen molar-refractivity contribution >= 4 is 5.78 Å². The Labute approximate surface area is 93.1 Å². The first kappa shape index (κ1) is 10.6. The second-order valence-electron chi connectivity index (χ2n) is 3.54. The Morgan fingerprint density at radius 1 is 1.56 bits per heavy atom. The van der Waals surface area contributed by atoms with Crippen LogP contribution in [-0.4, -0.2) is 20.5 Å². The molecule has 0 aliphatic heterocycles. The molecule has 0 saturated carbocycles. The van der Waals surface area contributed by atoms with Crippen molar-refractivity contribution in [3.8, 4) is 0 Å². The lowest BCUT2D eigenvalue weighted by Crippen LogP contribution is -2.06. The summed E-state index contributed by atoms with van der Waals surface area (Å²) in [7, 11) is 0. The van der Waals surface area contributed by atoms with E-state index in [9.17, 15) is 4.79 Å². The first-order valence-corrected chi connectivity index (χ1v) is 5.18. The van der Waals surface area contributed by atoms with Crippen molar-refractivity contribution in [2.24, 2.45) is 0 Å². The Balaban J connectivity index is 2.20. The highest BCUT2D eigenvalue weighted by atomic mass is 16.5. The smallest absolute Gasteiger partial charge is 0.246 e. The molecule has 2 aromatic rings. The molecule has 5 heteroatoms. The predicted molar refractivity (Wildman–Crippen MR) is 57.2 cm³/mol. The van der Waals surface area contributed by atoms with Crippen molar-refractivity contribution in [3.05, 3.63) is 35.7 Å². The van der Waals surface area contributed by atoms with E-state index in [1.165, 1.54) is 6.92 Å². The quantitative estimate of drug-likeness (QED) is 0.734. The molecule has 84 valence electrons. The Bertz CT molecular complexity index is 499. The number of aryl methyl sites for hydroxylation is 1. The monoisotopic (exact) mass is 219 g/mol. The first-order chi connectivity index (χ1) is 7.70. The highest BCUT2D eigenvalue weighted by Crippen LogP contribution is 2.07. The van der Waals surface area contributed by atoms with E-state index < -0.39 is 0 Å². The topological polar surface area (TPSA) is 60.9 Å². The lowest BCUT2D eigenvalue weighted by Gasteiger charge is -2.02. The molecule has 0 saturated heterocycles. The van der Waals surface area contributed by atoms with Crippen LogP contribution in [0.4, 0.5) is 0 Å². The van der Waals surface area contributed by atoms with Gasteiger partial charge in [-0.15, -0.1) is 0 Å². The number of carbonyl (C=O) groups excluding carboxylic acids is 1. The van der Waals surface area contributed by atoms with Gasteiger partial charge in [-0.1, -0.05) is 12.1 Å². The minimum absolute atomic E-state index is 0.0280. The average Bonchev–Trinajstić information content (AvgIpc) is 2.87. The molecule has 0 radical (unpaired) electrons. The summed E-state index contributed by atoms with van der Waals surface area (Å²) in [5, 5.41) is 3.81. The fraction of sp³-hybridized carbons (Fsp3) is 0.364. The van der Waals surface area contributed by atoms with Crippen LogP contribution in [0.15, 0.2) is 22.9 Å². The van der Waals surface area contributed by atoms with E-state index in [2.05, 4.69) is 10.1 Å². The van der Waals surface area contributed by atoms with Crippen LogP contribution in [0, 0.1) is 0 Å². The lowest BCUT2D eigenvalue weighted by molar-refractivity contribution is 0.100. The van der Waals surface area contributed by atoms with E-state index in [1.54, 1.807) is 10.6 Å². The van der Waals surface area contributed by atoms with Crippen LogP contribution in [0.5, 0.6) is 0 Å². The number of nitrogens with zero attached hydrogens (tertiary/aromatic N) is 3. The van der Waals surface area contributed by atoms with Crippen molar-refractivity contribution in [2.45, 2.75) is 26.8 Å². The van der Waals surface area contributed by atoms with Gasteiger partial charge in [0, 0.05) is 19.5 Å². The lowest BCUT2D eigenvalue weighted by atomic mass is 10.3. The van der Waals surface area contributed by atoms with Crippen molar-refractivity contribution in [1.29, 1.82) is 0 Å². The maximum absolute atomic E-state index is 11.3. The molecule has 0 N–H and O–H groups in total. The van der Waals surface area contributed by atoms with Gasteiger partial charge in [0.1, 0.15) is 6.54 Å². The van der Waals surface area contributed by atoms with Gasteiger partial charge in [-0.3, -0.25) is 4.79 Å². The van der Waals surface area contributed by atoms with Crippen molar-refractivity contribution < 1.29 is 9.32 Å². The molecule has 5 nitrogen and oxygen atoms in total. The summed E-state index contributed by atoms with van der Waals surface area (Å²) < 4.78 is 6.87. The van der Waals surface area contributed by atoms with Crippen molar-refractivity contribution in [3.63, 3.8) is 0 Å². The number of rotatable bonds is 4. The number of ketones is 1. The minimum Gasteiger partial charge on any atom is -0.337 e. The van der Waals surface area contributed by atoms with Gasteiger partial charge in [-0.2, -0.15) is 4.98 Å². The van der Waals surface area contributed by atoms with Crippen LogP contribution in [0.1, 0.15) is 36.1 Å². The van der Waals surface area contributed by atoms with E-state index in [0.29, 0.717) is 24.0 Å². The van der Waals surface area contributed by atoms with E-state index in [1.807, 2.05) is 19.2 Å².